The Labute approximate surface area is 150 Å². The Bertz CT molecular complexity index is 767. The maximum Gasteiger partial charge on any atom is 0.345 e. The number of ketones is 1. The predicted octanol–water partition coefficient (Wildman–Crippen LogP) is 2.77. The molecule has 2 unspecified atom stereocenters. The molecule has 0 bridgehead atoms. The fraction of sp³-hybridized carbons (Fsp3) is 0.412. The molecule has 0 amide bonds. The molecule has 10 heteroatoms. The molecule has 2 atom stereocenters. The van der Waals surface area contributed by atoms with Crippen molar-refractivity contribution >= 4 is 11.8 Å². The van der Waals surface area contributed by atoms with Crippen LogP contribution in [0.25, 0.3) is 0 Å². The lowest BCUT2D eigenvalue weighted by atomic mass is 10.0. The summed E-state index contributed by atoms with van der Waals surface area (Å²) in [6, 6.07) is -0.00266. The first-order valence-corrected chi connectivity index (χ1v) is 8.01. The van der Waals surface area contributed by atoms with Crippen LogP contribution in [0.3, 0.4) is 0 Å². The fourth-order valence-corrected chi connectivity index (χ4v) is 2.28. The van der Waals surface area contributed by atoms with Gasteiger partial charge in [0.15, 0.2) is 23.3 Å². The maximum atomic E-state index is 13.8. The summed E-state index contributed by atoms with van der Waals surface area (Å²) in [7, 11) is 0. The zero-order valence-corrected chi connectivity index (χ0v) is 14.2. The highest BCUT2D eigenvalue weighted by molar-refractivity contribution is 6.24. The number of ether oxygens (including phenoxy) is 2. The van der Waals surface area contributed by atoms with Gasteiger partial charge >= 0.3 is 5.97 Å². The molecule has 1 aliphatic carbocycles. The second kappa shape index (κ2) is 8.47. The highest BCUT2D eigenvalue weighted by Crippen LogP contribution is 2.31. The molecule has 0 aromatic heterocycles. The Morgan fingerprint density at radius 1 is 1.07 bits per heavy atom. The normalized spacial score (nSPS) is 19.0. The number of esters is 1. The first-order chi connectivity index (χ1) is 12.7. The quantitative estimate of drug-likeness (QED) is 0.0846. The third-order valence-corrected chi connectivity index (χ3v) is 3.97. The van der Waals surface area contributed by atoms with Crippen molar-refractivity contribution in [3.63, 3.8) is 0 Å². The average molecular weight is 393 g/mol. The van der Waals surface area contributed by atoms with Crippen molar-refractivity contribution in [2.75, 3.05) is 13.2 Å². The van der Waals surface area contributed by atoms with Crippen LogP contribution in [0.5, 0.6) is 0 Å². The molecule has 2 N–H and O–H groups in total. The molecule has 0 spiro atoms. The number of hydrogen-bond acceptors (Lipinski definition) is 5. The van der Waals surface area contributed by atoms with Crippen LogP contribution in [0.1, 0.15) is 30.1 Å². The Morgan fingerprint density at radius 3 is 2.07 bits per heavy atom. The zero-order valence-electron chi connectivity index (χ0n) is 14.2. The lowest BCUT2D eigenvalue weighted by Crippen LogP contribution is -2.21. The van der Waals surface area contributed by atoms with E-state index in [9.17, 15) is 31.5 Å². The Hall–Kier alpha value is -2.49. The third-order valence-electron chi connectivity index (χ3n) is 3.97. The van der Waals surface area contributed by atoms with E-state index in [1.54, 1.807) is 0 Å². The van der Waals surface area contributed by atoms with Crippen LogP contribution < -0.4 is 5.73 Å². The van der Waals surface area contributed by atoms with Crippen molar-refractivity contribution < 1.29 is 41.0 Å². The Kier molecular flexibility index (Phi) is 6.53. The Morgan fingerprint density at radius 2 is 1.59 bits per heavy atom. The lowest BCUT2D eigenvalue weighted by Gasteiger charge is -2.10. The minimum absolute atomic E-state index is 0.00266. The molecular formula is C17H16F5NO4. The molecule has 0 aliphatic heterocycles. The van der Waals surface area contributed by atoms with Crippen molar-refractivity contribution in [2.24, 2.45) is 11.7 Å². The van der Waals surface area contributed by atoms with E-state index >= 15 is 0 Å². The minimum atomic E-state index is -2.42. The molecule has 0 heterocycles. The maximum absolute atomic E-state index is 13.8. The molecule has 1 fully saturated rings. The molecule has 148 valence electrons. The van der Waals surface area contributed by atoms with Crippen LogP contribution in [0.2, 0.25) is 0 Å². The molecule has 2 rings (SSSR count). The standard InChI is InChI=1S/C17H16F5NO4/c1-2-26-6-8(17(25)27-4-3-7-5-9(7)23)16(24)10-11(18)13(20)15(22)14(21)12(10)19/h6-7,9H,2-5,23H2,1H3/b8-6-. The van der Waals surface area contributed by atoms with Crippen LogP contribution in [0.4, 0.5) is 22.0 Å². The van der Waals surface area contributed by atoms with E-state index in [0.29, 0.717) is 12.7 Å². The van der Waals surface area contributed by atoms with Crippen LogP contribution in [0, 0.1) is 35.0 Å². The molecule has 5 nitrogen and oxygen atoms in total. The second-order valence-corrected chi connectivity index (χ2v) is 5.85. The zero-order chi connectivity index (χ0) is 20.3. The highest BCUT2D eigenvalue weighted by atomic mass is 19.2. The molecule has 1 aliphatic rings. The summed E-state index contributed by atoms with van der Waals surface area (Å²) in [6.07, 6.45) is 1.72. The van der Waals surface area contributed by atoms with Gasteiger partial charge in [0.05, 0.1) is 13.2 Å². The van der Waals surface area contributed by atoms with Gasteiger partial charge in [0, 0.05) is 6.04 Å². The van der Waals surface area contributed by atoms with Crippen LogP contribution in [-0.2, 0) is 14.3 Å². The molecule has 1 saturated carbocycles. The third kappa shape index (κ3) is 4.44. The fourth-order valence-electron chi connectivity index (χ4n) is 2.28. The average Bonchev–Trinajstić information content (AvgIpc) is 3.34. The van der Waals surface area contributed by atoms with Gasteiger partial charge < -0.3 is 15.2 Å². The number of halogens is 5. The largest absolute Gasteiger partial charge is 0.500 e. The van der Waals surface area contributed by atoms with Gasteiger partial charge in [-0.15, -0.1) is 0 Å². The summed E-state index contributed by atoms with van der Waals surface area (Å²) in [5, 5.41) is 0. The van der Waals surface area contributed by atoms with Gasteiger partial charge in [-0.2, -0.15) is 0 Å². The van der Waals surface area contributed by atoms with E-state index in [1.807, 2.05) is 0 Å². The Balaban J connectivity index is 2.28. The van der Waals surface area contributed by atoms with Gasteiger partial charge in [-0.3, -0.25) is 4.79 Å². The summed E-state index contributed by atoms with van der Waals surface area (Å²) < 4.78 is 77.0. The highest BCUT2D eigenvalue weighted by Gasteiger charge is 2.35. The van der Waals surface area contributed by atoms with Crippen molar-refractivity contribution in [3.8, 4) is 0 Å². The summed E-state index contributed by atoms with van der Waals surface area (Å²) in [6.45, 7) is 1.32. The number of nitrogens with two attached hydrogens (primary N) is 1. The number of carbonyl (C=O) groups excluding carboxylic acids is 2. The summed E-state index contributed by atoms with van der Waals surface area (Å²) in [5.41, 5.74) is 2.83. The number of Topliss-reactive ketones (excluding diaryl/α,β-unsaturated/α-hetero) is 1. The van der Waals surface area contributed by atoms with Gasteiger partial charge in [0.2, 0.25) is 11.6 Å². The minimum Gasteiger partial charge on any atom is -0.500 e. The van der Waals surface area contributed by atoms with Gasteiger partial charge in [0.1, 0.15) is 17.4 Å². The first kappa shape index (κ1) is 20.8. The number of hydrogen-bond donors (Lipinski definition) is 1. The SMILES string of the molecule is CCO/C=C(\C(=O)OCCC1CC1N)C(=O)c1c(F)c(F)c(F)c(F)c1F. The molecule has 27 heavy (non-hydrogen) atoms. The topological polar surface area (TPSA) is 78.6 Å². The van der Waals surface area contributed by atoms with Gasteiger partial charge in [-0.1, -0.05) is 0 Å². The van der Waals surface area contributed by atoms with Crippen molar-refractivity contribution in [3.05, 3.63) is 46.5 Å². The summed E-state index contributed by atoms with van der Waals surface area (Å²) >= 11 is 0. The van der Waals surface area contributed by atoms with Gasteiger partial charge in [0.25, 0.3) is 0 Å². The van der Waals surface area contributed by atoms with Gasteiger partial charge in [-0.05, 0) is 25.7 Å². The van der Waals surface area contributed by atoms with Crippen LogP contribution in [-0.4, -0.2) is 31.0 Å². The van der Waals surface area contributed by atoms with E-state index in [2.05, 4.69) is 0 Å². The number of carbonyl (C=O) groups is 2. The van der Waals surface area contributed by atoms with Crippen LogP contribution in [0.15, 0.2) is 11.8 Å². The van der Waals surface area contributed by atoms with Crippen molar-refractivity contribution in [2.45, 2.75) is 25.8 Å². The van der Waals surface area contributed by atoms with Gasteiger partial charge in [-0.25, -0.2) is 26.7 Å². The van der Waals surface area contributed by atoms with Crippen molar-refractivity contribution in [1.29, 1.82) is 0 Å². The monoisotopic (exact) mass is 393 g/mol. The molecule has 0 radical (unpaired) electrons. The van der Waals surface area contributed by atoms with E-state index < -0.39 is 52.0 Å². The summed E-state index contributed by atoms with van der Waals surface area (Å²) in [4.78, 5) is 24.4. The van der Waals surface area contributed by atoms with E-state index in [4.69, 9.17) is 15.2 Å². The smallest absolute Gasteiger partial charge is 0.345 e. The predicted molar refractivity (Wildman–Crippen MR) is 81.9 cm³/mol. The van der Waals surface area contributed by atoms with E-state index in [1.165, 1.54) is 6.92 Å². The molecule has 0 saturated heterocycles. The first-order valence-electron chi connectivity index (χ1n) is 8.01. The summed E-state index contributed by atoms with van der Waals surface area (Å²) in [5.74, 6) is -14.6. The molecular weight excluding hydrogens is 377 g/mol. The van der Waals surface area contributed by atoms with E-state index in [0.717, 1.165) is 6.42 Å². The van der Waals surface area contributed by atoms with E-state index in [-0.39, 0.29) is 25.2 Å². The number of benzene rings is 1. The lowest BCUT2D eigenvalue weighted by molar-refractivity contribution is -0.138. The van der Waals surface area contributed by atoms with Crippen LogP contribution >= 0.6 is 0 Å². The van der Waals surface area contributed by atoms with Crippen molar-refractivity contribution in [1.82, 2.24) is 0 Å². The molecule has 1 aromatic carbocycles. The molecule has 1 aromatic rings. The second-order valence-electron chi connectivity index (χ2n) is 5.85. The number of rotatable bonds is 8.